The van der Waals surface area contributed by atoms with Gasteiger partial charge >= 0.3 is 0 Å². The number of ether oxygens (including phenoxy) is 2. The van der Waals surface area contributed by atoms with Crippen molar-refractivity contribution >= 4 is 23.5 Å². The first kappa shape index (κ1) is 21.6. The van der Waals surface area contributed by atoms with Gasteiger partial charge in [0.15, 0.2) is 0 Å². The van der Waals surface area contributed by atoms with Gasteiger partial charge in [-0.3, -0.25) is 0 Å². The van der Waals surface area contributed by atoms with E-state index in [2.05, 4.69) is 0 Å². The normalized spacial score (nSPS) is 46.3. The Labute approximate surface area is 154 Å². The van der Waals surface area contributed by atoms with Crippen LogP contribution in [0.2, 0.25) is 0 Å². The number of thioether (sulfide) groups is 2. The highest BCUT2D eigenvalue weighted by Gasteiger charge is 2.51. The highest BCUT2D eigenvalue weighted by molar-refractivity contribution is 8.00. The van der Waals surface area contributed by atoms with Gasteiger partial charge in [0.25, 0.3) is 0 Å². The Morgan fingerprint density at radius 3 is 2.32 bits per heavy atom. The Morgan fingerprint density at radius 2 is 1.76 bits per heavy atom. The predicted octanol–water partition coefficient (Wildman–Crippen LogP) is -2.92. The van der Waals surface area contributed by atoms with E-state index in [0.717, 1.165) is 11.8 Å². The highest BCUT2D eigenvalue weighted by atomic mass is 32.2. The van der Waals surface area contributed by atoms with Gasteiger partial charge in [0.05, 0.1) is 30.7 Å². The third-order valence-electron chi connectivity index (χ3n) is 4.27. The Morgan fingerprint density at radius 1 is 1.08 bits per heavy atom. The smallest absolute Gasteiger partial charge is 0.132 e. The molecule has 2 saturated heterocycles. The summed E-state index contributed by atoms with van der Waals surface area (Å²) in [6.07, 6.45) is -8.61. The van der Waals surface area contributed by atoms with E-state index in [1.54, 1.807) is 0 Å². The second-order valence-corrected chi connectivity index (χ2v) is 8.62. The van der Waals surface area contributed by atoms with Crippen molar-refractivity contribution < 1.29 is 45.2 Å². The first-order valence-electron chi connectivity index (χ1n) is 8.05. The lowest BCUT2D eigenvalue weighted by Gasteiger charge is -2.42. The first-order chi connectivity index (χ1) is 11.8. The average Bonchev–Trinajstić information content (AvgIpc) is 2.88. The Hall–Kier alpha value is 0.340. The molecule has 2 rings (SSSR count). The van der Waals surface area contributed by atoms with Gasteiger partial charge in [-0.1, -0.05) is 6.92 Å². The first-order valence-corrected chi connectivity index (χ1v) is 10.0. The summed E-state index contributed by atoms with van der Waals surface area (Å²) in [5, 5.41) is 68.1. The maximum atomic E-state index is 10.4. The molecule has 11 heteroatoms. The van der Waals surface area contributed by atoms with E-state index < -0.39 is 72.1 Å². The van der Waals surface area contributed by atoms with Crippen LogP contribution in [0.25, 0.3) is 0 Å². The highest BCUT2D eigenvalue weighted by Crippen LogP contribution is 2.40. The molecule has 2 aliphatic heterocycles. The van der Waals surface area contributed by atoms with Crippen LogP contribution in [0, 0.1) is 0 Å². The van der Waals surface area contributed by atoms with Crippen LogP contribution in [0.3, 0.4) is 0 Å². The minimum absolute atomic E-state index is 0.469. The van der Waals surface area contributed by atoms with Crippen molar-refractivity contribution in [3.8, 4) is 0 Å². The molecular formula is C14H26O9S2. The van der Waals surface area contributed by atoms with Crippen LogP contribution < -0.4 is 0 Å². The summed E-state index contributed by atoms with van der Waals surface area (Å²) in [5.41, 5.74) is -1.75. The maximum Gasteiger partial charge on any atom is 0.132 e. The molecule has 2 aliphatic rings. The molecule has 2 heterocycles. The number of hydrogen-bond acceptors (Lipinski definition) is 11. The Bertz CT molecular complexity index is 418. The lowest BCUT2D eigenvalue weighted by Crippen LogP contribution is -2.59. The molecule has 10 atom stereocenters. The molecule has 0 bridgehead atoms. The second-order valence-electron chi connectivity index (χ2n) is 5.96. The average molecular weight is 402 g/mol. The van der Waals surface area contributed by atoms with E-state index in [4.69, 9.17) is 14.6 Å². The monoisotopic (exact) mass is 402 g/mol. The van der Waals surface area contributed by atoms with Crippen LogP contribution in [0.4, 0.5) is 0 Å². The van der Waals surface area contributed by atoms with Gasteiger partial charge in [0.1, 0.15) is 41.4 Å². The summed E-state index contributed by atoms with van der Waals surface area (Å²) >= 11 is 2.20. The summed E-state index contributed by atoms with van der Waals surface area (Å²) in [5.74, 6) is 0.632. The number of hydrogen-bond donors (Lipinski definition) is 7. The predicted molar refractivity (Wildman–Crippen MR) is 91.0 cm³/mol. The molecule has 9 nitrogen and oxygen atoms in total. The largest absolute Gasteiger partial charge is 0.394 e. The van der Waals surface area contributed by atoms with Gasteiger partial charge in [-0.2, -0.15) is 0 Å². The fraction of sp³-hybridized carbons (Fsp3) is 1.00. The Kier molecular flexibility index (Phi) is 8.23. The number of rotatable bonds is 7. The van der Waals surface area contributed by atoms with Gasteiger partial charge in [0, 0.05) is 0 Å². The molecule has 2 fully saturated rings. The third kappa shape index (κ3) is 4.61. The fourth-order valence-corrected chi connectivity index (χ4v) is 5.19. The Balaban J connectivity index is 2.10. The summed E-state index contributed by atoms with van der Waals surface area (Å²) in [7, 11) is 0. The molecule has 0 aromatic heterocycles. The van der Waals surface area contributed by atoms with Crippen LogP contribution in [0.1, 0.15) is 6.92 Å². The van der Waals surface area contributed by atoms with Gasteiger partial charge in [-0.25, -0.2) is 0 Å². The van der Waals surface area contributed by atoms with Crippen molar-refractivity contribution in [1.82, 2.24) is 0 Å². The van der Waals surface area contributed by atoms with E-state index in [9.17, 15) is 30.6 Å². The van der Waals surface area contributed by atoms with Crippen molar-refractivity contribution in [2.24, 2.45) is 0 Å². The SMILES string of the molecule is CCS[C@H]1O[C@H](CO)[C@@H](O)[C@H](O[C@@H]2S[C@@H]([C@H](O)CO)[C@H](O)[C@H]2O)[C@@H]1O. The molecule has 7 N–H and O–H groups in total. The molecular weight excluding hydrogens is 376 g/mol. The number of aliphatic hydroxyl groups is 7. The quantitative estimate of drug-likeness (QED) is 0.234. The zero-order valence-corrected chi connectivity index (χ0v) is 15.3. The molecule has 0 spiro atoms. The van der Waals surface area contributed by atoms with Crippen molar-refractivity contribution in [2.75, 3.05) is 19.0 Å². The molecule has 0 amide bonds. The zero-order chi connectivity index (χ0) is 18.7. The second kappa shape index (κ2) is 9.51. The molecule has 0 aromatic rings. The topological polar surface area (TPSA) is 160 Å². The molecule has 0 aromatic carbocycles. The number of aliphatic hydroxyl groups excluding tert-OH is 7. The van der Waals surface area contributed by atoms with Gasteiger partial charge in [0.2, 0.25) is 0 Å². The summed E-state index contributed by atoms with van der Waals surface area (Å²) < 4.78 is 11.1. The minimum atomic E-state index is -1.37. The molecule has 0 radical (unpaired) electrons. The van der Waals surface area contributed by atoms with E-state index in [0.29, 0.717) is 5.75 Å². The maximum absolute atomic E-state index is 10.4. The lowest BCUT2D eigenvalue weighted by atomic mass is 10.00. The van der Waals surface area contributed by atoms with Crippen LogP contribution in [0.15, 0.2) is 0 Å². The summed E-state index contributed by atoms with van der Waals surface area (Å²) in [4.78, 5) is 0. The van der Waals surface area contributed by atoms with E-state index in [1.165, 1.54) is 11.8 Å². The fourth-order valence-electron chi connectivity index (χ4n) is 2.88. The van der Waals surface area contributed by atoms with E-state index in [1.807, 2.05) is 6.92 Å². The van der Waals surface area contributed by atoms with Crippen molar-refractivity contribution in [3.63, 3.8) is 0 Å². The molecule has 25 heavy (non-hydrogen) atoms. The molecule has 0 aliphatic carbocycles. The van der Waals surface area contributed by atoms with E-state index >= 15 is 0 Å². The van der Waals surface area contributed by atoms with Gasteiger partial charge < -0.3 is 45.2 Å². The third-order valence-corrected chi connectivity index (χ3v) is 6.88. The van der Waals surface area contributed by atoms with Gasteiger partial charge in [-0.05, 0) is 5.75 Å². The summed E-state index contributed by atoms with van der Waals surface area (Å²) in [6.45, 7) is 0.811. The van der Waals surface area contributed by atoms with Crippen LogP contribution in [-0.4, -0.2) is 114 Å². The van der Waals surface area contributed by atoms with Crippen molar-refractivity contribution in [1.29, 1.82) is 0 Å². The van der Waals surface area contributed by atoms with E-state index in [-0.39, 0.29) is 0 Å². The van der Waals surface area contributed by atoms with Crippen LogP contribution in [0.5, 0.6) is 0 Å². The summed E-state index contributed by atoms with van der Waals surface area (Å²) in [6, 6.07) is 0. The minimum Gasteiger partial charge on any atom is -0.394 e. The standard InChI is InChI=1S/C14H26O9S2/c1-2-24-13-10(21)11(7(18)6(4-16)22-13)23-14-9(20)8(19)12(25-14)5(17)3-15/h5-21H,2-4H2,1H3/t5-,6-,7-,8-,9-,10+,11+,12+,13-,14-/m1/s1. The van der Waals surface area contributed by atoms with Crippen LogP contribution in [-0.2, 0) is 9.47 Å². The molecule has 0 saturated carbocycles. The molecule has 0 unspecified atom stereocenters. The van der Waals surface area contributed by atoms with Crippen LogP contribution >= 0.6 is 23.5 Å². The molecule has 148 valence electrons. The van der Waals surface area contributed by atoms with Crippen molar-refractivity contribution in [2.45, 2.75) is 65.8 Å². The van der Waals surface area contributed by atoms with Crippen molar-refractivity contribution in [3.05, 3.63) is 0 Å². The zero-order valence-electron chi connectivity index (χ0n) is 13.7. The van der Waals surface area contributed by atoms with Gasteiger partial charge in [-0.15, -0.1) is 23.5 Å². The lowest BCUT2D eigenvalue weighted by molar-refractivity contribution is -0.230.